The van der Waals surface area contributed by atoms with Crippen LogP contribution in [0.1, 0.15) is 32.6 Å². The molecule has 2 unspecified atom stereocenters. The minimum Gasteiger partial charge on any atom is -0.382 e. The minimum absolute atomic E-state index is 0.481. The first-order valence-electron chi connectivity index (χ1n) is 6.85. The van der Waals surface area contributed by atoms with Crippen LogP contribution in [0.2, 0.25) is 0 Å². The van der Waals surface area contributed by atoms with E-state index in [1.807, 2.05) is 18.2 Å². The second-order valence-corrected chi connectivity index (χ2v) is 6.03. The van der Waals surface area contributed by atoms with Crippen LogP contribution in [0.5, 0.6) is 0 Å². The van der Waals surface area contributed by atoms with Gasteiger partial charge in [-0.15, -0.1) is 0 Å². The van der Waals surface area contributed by atoms with Gasteiger partial charge in [-0.25, -0.2) is 0 Å². The summed E-state index contributed by atoms with van der Waals surface area (Å²) in [5, 5.41) is 3.39. The predicted molar refractivity (Wildman–Crippen MR) is 80.0 cm³/mol. The lowest BCUT2D eigenvalue weighted by Crippen LogP contribution is -2.24. The van der Waals surface area contributed by atoms with Crippen LogP contribution in [0.3, 0.4) is 0 Å². The van der Waals surface area contributed by atoms with Gasteiger partial charge < -0.3 is 10.1 Å². The van der Waals surface area contributed by atoms with Gasteiger partial charge in [-0.2, -0.15) is 0 Å². The van der Waals surface area contributed by atoms with Crippen LogP contribution in [0.15, 0.2) is 28.7 Å². The van der Waals surface area contributed by atoms with Crippen molar-refractivity contribution >= 4 is 21.6 Å². The van der Waals surface area contributed by atoms with E-state index < -0.39 is 0 Å². The fourth-order valence-corrected chi connectivity index (χ4v) is 2.97. The average molecular weight is 312 g/mol. The Kier molecular flexibility index (Phi) is 5.51. The predicted octanol–water partition coefficient (Wildman–Crippen LogP) is 4.46. The zero-order valence-electron chi connectivity index (χ0n) is 11.0. The highest BCUT2D eigenvalue weighted by Gasteiger charge is 2.18. The van der Waals surface area contributed by atoms with Crippen molar-refractivity contribution in [3.63, 3.8) is 0 Å². The summed E-state index contributed by atoms with van der Waals surface area (Å²) < 4.78 is 7.04. The summed E-state index contributed by atoms with van der Waals surface area (Å²) in [6.07, 6.45) is 5.64. The molecule has 1 N–H and O–H groups in total. The highest BCUT2D eigenvalue weighted by Crippen LogP contribution is 2.25. The van der Waals surface area contributed by atoms with E-state index >= 15 is 0 Å². The van der Waals surface area contributed by atoms with E-state index in [2.05, 4.69) is 34.2 Å². The number of rotatable bonds is 5. The molecule has 1 fully saturated rings. The fraction of sp³-hybridized carbons (Fsp3) is 0.600. The van der Waals surface area contributed by atoms with Crippen LogP contribution in [-0.2, 0) is 4.74 Å². The van der Waals surface area contributed by atoms with Gasteiger partial charge in [-0.1, -0.05) is 31.9 Å². The number of anilines is 1. The van der Waals surface area contributed by atoms with Gasteiger partial charge in [0.2, 0.25) is 0 Å². The number of para-hydroxylation sites is 1. The fourth-order valence-electron chi connectivity index (χ4n) is 2.55. The number of ether oxygens (including phenoxy) is 1. The molecule has 1 saturated carbocycles. The molecule has 1 aromatic rings. The zero-order chi connectivity index (χ0) is 12.8. The molecule has 1 aromatic carbocycles. The highest BCUT2D eigenvalue weighted by atomic mass is 79.9. The van der Waals surface area contributed by atoms with E-state index in [4.69, 9.17) is 4.74 Å². The van der Waals surface area contributed by atoms with E-state index in [0.717, 1.165) is 29.2 Å². The number of halogens is 1. The Bertz CT molecular complexity index is 369. The molecule has 1 aliphatic carbocycles. The summed E-state index contributed by atoms with van der Waals surface area (Å²) in [6, 6.07) is 8.19. The van der Waals surface area contributed by atoms with Crippen molar-refractivity contribution < 1.29 is 4.74 Å². The van der Waals surface area contributed by atoms with E-state index in [-0.39, 0.29) is 0 Å². The lowest BCUT2D eigenvalue weighted by Gasteiger charge is -2.26. The molecule has 0 amide bonds. The Labute approximate surface area is 118 Å². The van der Waals surface area contributed by atoms with Crippen molar-refractivity contribution in [2.45, 2.75) is 38.7 Å². The minimum atomic E-state index is 0.481. The molecule has 0 saturated heterocycles. The van der Waals surface area contributed by atoms with E-state index in [9.17, 15) is 0 Å². The summed E-state index contributed by atoms with van der Waals surface area (Å²) in [6.45, 7) is 3.99. The molecule has 2 atom stereocenters. The standard InChI is InChI=1S/C15H22BrNO/c1-12-5-4-6-13(11-12)18-10-9-17-15-8-3-2-7-14(15)16/h2-3,7-8,12-13,17H,4-6,9-11H2,1H3. The molecule has 2 nitrogen and oxygen atoms in total. The molecule has 3 heteroatoms. The first kappa shape index (κ1) is 13.9. The quantitative estimate of drug-likeness (QED) is 0.811. The van der Waals surface area contributed by atoms with Gasteiger partial charge in [0.05, 0.1) is 12.7 Å². The smallest absolute Gasteiger partial charge is 0.0642 e. The Morgan fingerprint density at radius 2 is 2.17 bits per heavy atom. The summed E-state index contributed by atoms with van der Waals surface area (Å²) in [5.74, 6) is 0.833. The van der Waals surface area contributed by atoms with Crippen LogP contribution in [0, 0.1) is 5.92 Å². The van der Waals surface area contributed by atoms with E-state index in [0.29, 0.717) is 6.10 Å². The van der Waals surface area contributed by atoms with Gasteiger partial charge >= 0.3 is 0 Å². The number of nitrogens with one attached hydrogen (secondary N) is 1. The van der Waals surface area contributed by atoms with Crippen molar-refractivity contribution in [1.82, 2.24) is 0 Å². The molecular weight excluding hydrogens is 290 g/mol. The van der Waals surface area contributed by atoms with Crippen molar-refractivity contribution in [3.8, 4) is 0 Å². The summed E-state index contributed by atoms with van der Waals surface area (Å²) in [4.78, 5) is 0. The second-order valence-electron chi connectivity index (χ2n) is 5.17. The first-order valence-corrected chi connectivity index (χ1v) is 7.65. The monoisotopic (exact) mass is 311 g/mol. The Morgan fingerprint density at radius 1 is 1.33 bits per heavy atom. The van der Waals surface area contributed by atoms with Crippen LogP contribution in [-0.4, -0.2) is 19.3 Å². The van der Waals surface area contributed by atoms with E-state index in [1.54, 1.807) is 0 Å². The SMILES string of the molecule is CC1CCCC(OCCNc2ccccc2Br)C1. The van der Waals surface area contributed by atoms with Gasteiger partial charge in [0.25, 0.3) is 0 Å². The van der Waals surface area contributed by atoms with E-state index in [1.165, 1.54) is 25.7 Å². The van der Waals surface area contributed by atoms with Crippen molar-refractivity contribution in [2.24, 2.45) is 5.92 Å². The molecule has 100 valence electrons. The number of benzene rings is 1. The maximum Gasteiger partial charge on any atom is 0.0642 e. The van der Waals surface area contributed by atoms with Crippen LogP contribution in [0.25, 0.3) is 0 Å². The third kappa shape index (κ3) is 4.29. The Balaban J connectivity index is 1.65. The molecule has 0 spiro atoms. The summed E-state index contributed by atoms with van der Waals surface area (Å²) in [7, 11) is 0. The molecule has 1 aliphatic rings. The number of hydrogen-bond acceptors (Lipinski definition) is 2. The maximum atomic E-state index is 5.94. The van der Waals surface area contributed by atoms with Crippen molar-refractivity contribution in [1.29, 1.82) is 0 Å². The average Bonchev–Trinajstić information content (AvgIpc) is 2.37. The highest BCUT2D eigenvalue weighted by molar-refractivity contribution is 9.10. The van der Waals surface area contributed by atoms with Crippen molar-refractivity contribution in [3.05, 3.63) is 28.7 Å². The maximum absolute atomic E-state index is 5.94. The molecule has 0 bridgehead atoms. The van der Waals surface area contributed by atoms with Crippen LogP contribution >= 0.6 is 15.9 Å². The molecule has 18 heavy (non-hydrogen) atoms. The molecular formula is C15H22BrNO. The van der Waals surface area contributed by atoms with Crippen LogP contribution < -0.4 is 5.32 Å². The van der Waals surface area contributed by atoms with Crippen molar-refractivity contribution in [2.75, 3.05) is 18.5 Å². The first-order chi connectivity index (χ1) is 8.75. The summed E-state index contributed by atoms with van der Waals surface area (Å²) >= 11 is 3.53. The molecule has 2 rings (SSSR count). The molecule has 0 aliphatic heterocycles. The lowest BCUT2D eigenvalue weighted by atomic mass is 9.89. The second kappa shape index (κ2) is 7.15. The lowest BCUT2D eigenvalue weighted by molar-refractivity contribution is 0.0213. The zero-order valence-corrected chi connectivity index (χ0v) is 12.6. The van der Waals surface area contributed by atoms with Gasteiger partial charge in [-0.3, -0.25) is 0 Å². The van der Waals surface area contributed by atoms with Gasteiger partial charge in [0, 0.05) is 16.7 Å². The topological polar surface area (TPSA) is 21.3 Å². The molecule has 0 aromatic heterocycles. The van der Waals surface area contributed by atoms with Crippen LogP contribution in [0.4, 0.5) is 5.69 Å². The normalized spacial score (nSPS) is 23.9. The Hall–Kier alpha value is -0.540. The Morgan fingerprint density at radius 3 is 2.94 bits per heavy atom. The van der Waals surface area contributed by atoms with Gasteiger partial charge in [-0.05, 0) is 46.8 Å². The van der Waals surface area contributed by atoms with Gasteiger partial charge in [0.1, 0.15) is 0 Å². The summed E-state index contributed by atoms with van der Waals surface area (Å²) in [5.41, 5.74) is 1.14. The largest absolute Gasteiger partial charge is 0.382 e. The number of hydrogen-bond donors (Lipinski definition) is 1. The third-order valence-electron chi connectivity index (χ3n) is 3.53. The third-order valence-corrected chi connectivity index (χ3v) is 4.22. The molecule has 0 heterocycles. The molecule has 0 radical (unpaired) electrons. The van der Waals surface area contributed by atoms with Gasteiger partial charge in [0.15, 0.2) is 0 Å².